The van der Waals surface area contributed by atoms with Crippen LogP contribution >= 0.6 is 23.2 Å². The van der Waals surface area contributed by atoms with E-state index in [4.69, 9.17) is 23.2 Å². The lowest BCUT2D eigenvalue weighted by molar-refractivity contribution is -0.122. The standard InChI is InChI=1S/C12H15Cl2N3O2/c1-12(13,14)11(19)16-7-5-10(18)17-8-9-4-2-3-6-15-9/h2-4,6H,5,7-8H2,1H3,(H,16,19)(H,17,18). The Morgan fingerprint density at radius 3 is 2.63 bits per heavy atom. The van der Waals surface area contributed by atoms with Crippen LogP contribution in [-0.4, -0.2) is 27.7 Å². The molecule has 1 aromatic rings. The quantitative estimate of drug-likeness (QED) is 0.780. The highest BCUT2D eigenvalue weighted by molar-refractivity contribution is 6.57. The Bertz CT molecular complexity index is 432. The van der Waals surface area contributed by atoms with Crippen molar-refractivity contribution in [1.82, 2.24) is 15.6 Å². The van der Waals surface area contributed by atoms with Gasteiger partial charge >= 0.3 is 0 Å². The minimum absolute atomic E-state index is 0.155. The highest BCUT2D eigenvalue weighted by atomic mass is 35.5. The first kappa shape index (κ1) is 15.7. The van der Waals surface area contributed by atoms with Crippen LogP contribution in [0.4, 0.5) is 0 Å². The van der Waals surface area contributed by atoms with E-state index in [2.05, 4.69) is 15.6 Å². The first-order valence-electron chi connectivity index (χ1n) is 5.72. The Morgan fingerprint density at radius 1 is 1.32 bits per heavy atom. The highest BCUT2D eigenvalue weighted by Gasteiger charge is 2.26. The number of nitrogens with zero attached hydrogens (tertiary/aromatic N) is 1. The Labute approximate surface area is 121 Å². The van der Waals surface area contributed by atoms with Crippen molar-refractivity contribution in [2.45, 2.75) is 24.2 Å². The van der Waals surface area contributed by atoms with Crippen LogP contribution < -0.4 is 10.6 Å². The lowest BCUT2D eigenvalue weighted by Crippen LogP contribution is -2.38. The number of carbonyl (C=O) groups excluding carboxylic acids is 2. The minimum atomic E-state index is -1.48. The van der Waals surface area contributed by atoms with Crippen molar-refractivity contribution in [2.75, 3.05) is 6.54 Å². The molecule has 0 spiro atoms. The molecule has 2 amide bonds. The monoisotopic (exact) mass is 303 g/mol. The zero-order chi connectivity index (χ0) is 14.3. The largest absolute Gasteiger partial charge is 0.353 e. The predicted molar refractivity (Wildman–Crippen MR) is 73.8 cm³/mol. The van der Waals surface area contributed by atoms with Crippen LogP contribution in [-0.2, 0) is 16.1 Å². The molecule has 5 nitrogen and oxygen atoms in total. The summed E-state index contributed by atoms with van der Waals surface area (Å²) in [6.07, 6.45) is 1.81. The van der Waals surface area contributed by atoms with Gasteiger partial charge in [0.25, 0.3) is 5.91 Å². The van der Waals surface area contributed by atoms with Crippen LogP contribution in [0.25, 0.3) is 0 Å². The average Bonchev–Trinajstić information content (AvgIpc) is 2.36. The lowest BCUT2D eigenvalue weighted by atomic mass is 10.3. The van der Waals surface area contributed by atoms with E-state index in [1.807, 2.05) is 12.1 Å². The van der Waals surface area contributed by atoms with Crippen molar-refractivity contribution in [3.8, 4) is 0 Å². The van der Waals surface area contributed by atoms with Gasteiger partial charge in [-0.25, -0.2) is 0 Å². The average molecular weight is 304 g/mol. The first-order valence-corrected chi connectivity index (χ1v) is 6.48. The van der Waals surface area contributed by atoms with Crippen molar-refractivity contribution in [3.63, 3.8) is 0 Å². The fourth-order valence-corrected chi connectivity index (χ4v) is 1.36. The van der Waals surface area contributed by atoms with Crippen molar-refractivity contribution < 1.29 is 9.59 Å². The summed E-state index contributed by atoms with van der Waals surface area (Å²) in [5, 5.41) is 5.17. The molecule has 0 aliphatic rings. The van der Waals surface area contributed by atoms with Crippen LogP contribution in [0.15, 0.2) is 24.4 Å². The number of hydrogen-bond acceptors (Lipinski definition) is 3. The Morgan fingerprint density at radius 2 is 2.05 bits per heavy atom. The van der Waals surface area contributed by atoms with E-state index in [-0.39, 0.29) is 18.9 Å². The summed E-state index contributed by atoms with van der Waals surface area (Å²) in [7, 11) is 0. The molecule has 104 valence electrons. The van der Waals surface area contributed by atoms with Gasteiger partial charge in [-0.05, 0) is 19.1 Å². The van der Waals surface area contributed by atoms with Gasteiger partial charge in [0.15, 0.2) is 4.33 Å². The molecule has 7 heteroatoms. The van der Waals surface area contributed by atoms with E-state index < -0.39 is 10.2 Å². The van der Waals surface area contributed by atoms with E-state index >= 15 is 0 Å². The van der Waals surface area contributed by atoms with Crippen LogP contribution in [0.2, 0.25) is 0 Å². The third-order valence-electron chi connectivity index (χ3n) is 2.23. The molecule has 0 fully saturated rings. The molecule has 1 rings (SSSR count). The number of rotatable bonds is 6. The van der Waals surface area contributed by atoms with E-state index in [0.29, 0.717) is 6.54 Å². The molecule has 1 aromatic heterocycles. The smallest absolute Gasteiger partial charge is 0.256 e. The number of nitrogens with one attached hydrogen (secondary N) is 2. The number of pyridine rings is 1. The summed E-state index contributed by atoms with van der Waals surface area (Å²) in [5.74, 6) is -0.704. The molecule has 0 aliphatic heterocycles. The summed E-state index contributed by atoms with van der Waals surface area (Å²) in [6, 6.07) is 5.46. The zero-order valence-corrected chi connectivity index (χ0v) is 12.0. The van der Waals surface area contributed by atoms with E-state index in [1.165, 1.54) is 6.92 Å². The Kier molecular flexibility index (Phi) is 6.05. The molecule has 2 N–H and O–H groups in total. The van der Waals surface area contributed by atoms with Gasteiger partial charge in [0.2, 0.25) is 5.91 Å². The summed E-state index contributed by atoms with van der Waals surface area (Å²) in [4.78, 5) is 26.9. The van der Waals surface area contributed by atoms with E-state index in [9.17, 15) is 9.59 Å². The lowest BCUT2D eigenvalue weighted by Gasteiger charge is -2.13. The number of amides is 2. The second-order valence-electron chi connectivity index (χ2n) is 3.99. The van der Waals surface area contributed by atoms with Crippen LogP contribution in [0.3, 0.4) is 0 Å². The molecule has 0 saturated carbocycles. The van der Waals surface area contributed by atoms with Gasteiger partial charge in [-0.1, -0.05) is 29.3 Å². The first-order chi connectivity index (χ1) is 8.89. The van der Waals surface area contributed by atoms with E-state index in [0.717, 1.165) is 5.69 Å². The maximum absolute atomic E-state index is 11.5. The SMILES string of the molecule is CC(Cl)(Cl)C(=O)NCCC(=O)NCc1ccccn1. The second kappa shape index (κ2) is 7.31. The maximum atomic E-state index is 11.5. The second-order valence-corrected chi connectivity index (χ2v) is 5.70. The summed E-state index contributed by atoms with van der Waals surface area (Å²) in [5.41, 5.74) is 0.772. The third kappa shape index (κ3) is 6.40. The van der Waals surface area contributed by atoms with Gasteiger partial charge in [0.1, 0.15) is 0 Å². The Hall–Kier alpha value is -1.33. The molecule has 1 heterocycles. The van der Waals surface area contributed by atoms with Crippen LogP contribution in [0.1, 0.15) is 19.0 Å². The van der Waals surface area contributed by atoms with Crippen LogP contribution in [0.5, 0.6) is 0 Å². The maximum Gasteiger partial charge on any atom is 0.256 e. The molecule has 0 unspecified atom stereocenters. The number of carbonyl (C=O) groups is 2. The summed E-state index contributed by atoms with van der Waals surface area (Å²) >= 11 is 11.2. The predicted octanol–water partition coefficient (Wildman–Crippen LogP) is 1.40. The van der Waals surface area contributed by atoms with Gasteiger partial charge in [-0.2, -0.15) is 0 Å². The molecule has 19 heavy (non-hydrogen) atoms. The third-order valence-corrected chi connectivity index (χ3v) is 2.57. The molecule has 0 aliphatic carbocycles. The van der Waals surface area contributed by atoms with Gasteiger partial charge in [-0.3, -0.25) is 14.6 Å². The van der Waals surface area contributed by atoms with Gasteiger partial charge in [0, 0.05) is 19.2 Å². The van der Waals surface area contributed by atoms with Crippen molar-refractivity contribution in [2.24, 2.45) is 0 Å². The van der Waals surface area contributed by atoms with Crippen molar-refractivity contribution in [1.29, 1.82) is 0 Å². The molecular formula is C12H15Cl2N3O2. The highest BCUT2D eigenvalue weighted by Crippen LogP contribution is 2.18. The topological polar surface area (TPSA) is 71.1 Å². The van der Waals surface area contributed by atoms with Crippen molar-refractivity contribution in [3.05, 3.63) is 30.1 Å². The summed E-state index contributed by atoms with van der Waals surface area (Å²) in [6.45, 7) is 1.91. The molecule has 0 saturated heterocycles. The molecular weight excluding hydrogens is 289 g/mol. The summed E-state index contributed by atoms with van der Waals surface area (Å²) < 4.78 is -1.48. The normalized spacial score (nSPS) is 10.9. The van der Waals surface area contributed by atoms with E-state index in [1.54, 1.807) is 12.3 Å². The number of hydrogen-bond donors (Lipinski definition) is 2. The number of aromatic nitrogens is 1. The fourth-order valence-electron chi connectivity index (χ4n) is 1.22. The fraction of sp³-hybridized carbons (Fsp3) is 0.417. The number of halogens is 2. The molecule has 0 radical (unpaired) electrons. The van der Waals surface area contributed by atoms with Gasteiger partial charge < -0.3 is 10.6 Å². The number of alkyl halides is 2. The molecule has 0 aromatic carbocycles. The molecule has 0 atom stereocenters. The Balaban J connectivity index is 2.20. The minimum Gasteiger partial charge on any atom is -0.353 e. The zero-order valence-electron chi connectivity index (χ0n) is 10.5. The van der Waals surface area contributed by atoms with Crippen LogP contribution in [0, 0.1) is 0 Å². The van der Waals surface area contributed by atoms with Crippen molar-refractivity contribution >= 4 is 35.0 Å². The van der Waals surface area contributed by atoms with Gasteiger partial charge in [0.05, 0.1) is 12.2 Å². The molecule has 0 bridgehead atoms. The van der Waals surface area contributed by atoms with Gasteiger partial charge in [-0.15, -0.1) is 0 Å².